The van der Waals surface area contributed by atoms with Crippen molar-refractivity contribution < 1.29 is 9.47 Å². The molecule has 1 atom stereocenters. The molecule has 0 radical (unpaired) electrons. The number of pyridine rings is 1. The largest absolute Gasteiger partial charge is 0.497 e. The molecule has 1 fully saturated rings. The number of methoxy groups -OCH3 is 1. The van der Waals surface area contributed by atoms with Gasteiger partial charge in [0.15, 0.2) is 0 Å². The fourth-order valence-electron chi connectivity index (χ4n) is 3.38. The van der Waals surface area contributed by atoms with E-state index >= 15 is 0 Å². The molecule has 1 aromatic carbocycles. The third-order valence-electron chi connectivity index (χ3n) is 4.69. The van der Waals surface area contributed by atoms with Crippen molar-refractivity contribution in [1.29, 1.82) is 0 Å². The molecular formula is C19H19N3O4. The van der Waals surface area contributed by atoms with Gasteiger partial charge in [0, 0.05) is 12.8 Å². The second-order valence-electron chi connectivity index (χ2n) is 6.29. The van der Waals surface area contributed by atoms with Crippen LogP contribution in [0.15, 0.2) is 46.1 Å². The summed E-state index contributed by atoms with van der Waals surface area (Å²) in [6.07, 6.45) is 3.46. The monoisotopic (exact) mass is 353 g/mol. The molecule has 1 unspecified atom stereocenters. The van der Waals surface area contributed by atoms with Gasteiger partial charge < -0.3 is 9.47 Å². The number of aromatic amines is 1. The van der Waals surface area contributed by atoms with E-state index in [1.54, 1.807) is 19.4 Å². The lowest BCUT2D eigenvalue weighted by Crippen LogP contribution is -2.34. The fraction of sp³-hybridized carbons (Fsp3) is 0.316. The molecule has 0 bridgehead atoms. The molecule has 2 aromatic heterocycles. The topological polar surface area (TPSA) is 86.2 Å². The fourth-order valence-corrected chi connectivity index (χ4v) is 3.38. The number of rotatable bonds is 4. The van der Waals surface area contributed by atoms with Crippen LogP contribution in [0.1, 0.15) is 12.8 Å². The summed E-state index contributed by atoms with van der Waals surface area (Å²) in [5, 5.41) is 0.398. The minimum absolute atomic E-state index is 0.0340. The molecule has 4 rings (SSSR count). The highest BCUT2D eigenvalue weighted by atomic mass is 16.5. The molecule has 1 N–H and O–H groups in total. The van der Waals surface area contributed by atoms with E-state index in [4.69, 9.17) is 9.47 Å². The van der Waals surface area contributed by atoms with Gasteiger partial charge in [0.1, 0.15) is 11.4 Å². The zero-order chi connectivity index (χ0) is 18.1. The lowest BCUT2D eigenvalue weighted by Gasteiger charge is -2.14. The molecule has 7 heteroatoms. The van der Waals surface area contributed by atoms with E-state index in [2.05, 4.69) is 9.97 Å². The van der Waals surface area contributed by atoms with Crippen molar-refractivity contribution in [3.8, 4) is 16.9 Å². The molecule has 1 saturated heterocycles. The molecule has 3 aromatic rings. The van der Waals surface area contributed by atoms with Crippen LogP contribution in [-0.4, -0.2) is 34.4 Å². The van der Waals surface area contributed by atoms with E-state index in [1.165, 1.54) is 4.57 Å². The van der Waals surface area contributed by atoms with Crippen molar-refractivity contribution in [3.05, 3.63) is 57.4 Å². The Morgan fingerprint density at radius 2 is 2.08 bits per heavy atom. The highest BCUT2D eigenvalue weighted by Gasteiger charge is 2.20. The van der Waals surface area contributed by atoms with Gasteiger partial charge in [0.25, 0.3) is 5.56 Å². The highest BCUT2D eigenvalue weighted by molar-refractivity contribution is 5.91. The van der Waals surface area contributed by atoms with E-state index in [1.807, 2.05) is 24.3 Å². The van der Waals surface area contributed by atoms with Crippen LogP contribution in [0, 0.1) is 0 Å². The van der Waals surface area contributed by atoms with Crippen molar-refractivity contribution in [2.24, 2.45) is 0 Å². The van der Waals surface area contributed by atoms with Gasteiger partial charge in [-0.15, -0.1) is 0 Å². The first-order valence-corrected chi connectivity index (χ1v) is 8.55. The Balaban J connectivity index is 1.89. The Morgan fingerprint density at radius 1 is 1.27 bits per heavy atom. The molecule has 1 aliphatic heterocycles. The van der Waals surface area contributed by atoms with Crippen LogP contribution in [0.4, 0.5) is 0 Å². The Bertz CT molecular complexity index is 1050. The summed E-state index contributed by atoms with van der Waals surface area (Å²) < 4.78 is 12.3. The van der Waals surface area contributed by atoms with Crippen LogP contribution in [0.5, 0.6) is 5.75 Å². The summed E-state index contributed by atoms with van der Waals surface area (Å²) in [5.74, 6) is 0.733. The SMILES string of the molecule is COc1ccc(-c2ccnc3c2c(=O)[nH]c(=O)n3CC2CCCO2)cc1. The van der Waals surface area contributed by atoms with Gasteiger partial charge in [-0.25, -0.2) is 9.78 Å². The molecule has 0 amide bonds. The molecule has 0 aliphatic carbocycles. The molecule has 1 aliphatic rings. The first kappa shape index (κ1) is 16.5. The Hall–Kier alpha value is -2.93. The molecule has 26 heavy (non-hydrogen) atoms. The Kier molecular flexibility index (Phi) is 4.30. The van der Waals surface area contributed by atoms with Crippen LogP contribution in [-0.2, 0) is 11.3 Å². The number of ether oxygens (including phenoxy) is 2. The lowest BCUT2D eigenvalue weighted by molar-refractivity contribution is 0.0967. The van der Waals surface area contributed by atoms with E-state index in [0.29, 0.717) is 24.2 Å². The maximum Gasteiger partial charge on any atom is 0.330 e. The molecular weight excluding hydrogens is 334 g/mol. The van der Waals surface area contributed by atoms with Gasteiger partial charge in [-0.1, -0.05) is 12.1 Å². The zero-order valence-corrected chi connectivity index (χ0v) is 14.4. The second-order valence-corrected chi connectivity index (χ2v) is 6.29. The van der Waals surface area contributed by atoms with Crippen molar-refractivity contribution in [2.45, 2.75) is 25.5 Å². The van der Waals surface area contributed by atoms with E-state index < -0.39 is 11.2 Å². The number of benzene rings is 1. The number of hydrogen-bond donors (Lipinski definition) is 1. The zero-order valence-electron chi connectivity index (χ0n) is 14.4. The summed E-state index contributed by atoms with van der Waals surface area (Å²) in [6, 6.07) is 9.20. The standard InChI is InChI=1S/C19H19N3O4/c1-25-13-6-4-12(5-7-13)15-8-9-20-17-16(15)18(23)21-19(24)22(17)11-14-3-2-10-26-14/h4-9,14H,2-3,10-11H2,1H3,(H,21,23,24). The van der Waals surface area contributed by atoms with Crippen molar-refractivity contribution >= 4 is 11.0 Å². The van der Waals surface area contributed by atoms with Gasteiger partial charge >= 0.3 is 5.69 Å². The highest BCUT2D eigenvalue weighted by Crippen LogP contribution is 2.26. The predicted molar refractivity (Wildman–Crippen MR) is 97.6 cm³/mol. The number of hydrogen-bond acceptors (Lipinski definition) is 5. The number of fused-ring (bicyclic) bond motifs is 1. The quantitative estimate of drug-likeness (QED) is 0.775. The summed E-state index contributed by atoms with van der Waals surface area (Å²) in [6.45, 7) is 1.08. The van der Waals surface area contributed by atoms with Gasteiger partial charge in [-0.3, -0.25) is 14.3 Å². The van der Waals surface area contributed by atoms with Crippen LogP contribution in [0.3, 0.4) is 0 Å². The maximum atomic E-state index is 12.5. The molecule has 134 valence electrons. The second kappa shape index (κ2) is 6.76. The summed E-state index contributed by atoms with van der Waals surface area (Å²) in [7, 11) is 1.60. The molecule has 0 saturated carbocycles. The minimum Gasteiger partial charge on any atom is -0.497 e. The van der Waals surface area contributed by atoms with Crippen LogP contribution in [0.25, 0.3) is 22.2 Å². The third kappa shape index (κ3) is 2.90. The molecule has 3 heterocycles. The minimum atomic E-state index is -0.461. The van der Waals surface area contributed by atoms with Gasteiger partial charge in [0.2, 0.25) is 0 Å². The van der Waals surface area contributed by atoms with Crippen molar-refractivity contribution in [3.63, 3.8) is 0 Å². The number of H-pyrrole nitrogens is 1. The van der Waals surface area contributed by atoms with Crippen LogP contribution in [0.2, 0.25) is 0 Å². The van der Waals surface area contributed by atoms with E-state index in [9.17, 15) is 9.59 Å². The number of nitrogens with zero attached hydrogens (tertiary/aromatic N) is 2. The van der Waals surface area contributed by atoms with Gasteiger partial charge in [-0.2, -0.15) is 0 Å². The normalized spacial score (nSPS) is 16.9. The summed E-state index contributed by atoms with van der Waals surface area (Å²) in [5.41, 5.74) is 1.05. The smallest absolute Gasteiger partial charge is 0.330 e. The number of nitrogens with one attached hydrogen (secondary N) is 1. The first-order valence-electron chi connectivity index (χ1n) is 8.55. The summed E-state index contributed by atoms with van der Waals surface area (Å²) >= 11 is 0. The average Bonchev–Trinajstić information content (AvgIpc) is 3.18. The molecule has 0 spiro atoms. The van der Waals surface area contributed by atoms with Crippen LogP contribution < -0.4 is 16.0 Å². The Labute approximate surface area is 149 Å². The predicted octanol–water partition coefficient (Wildman–Crippen LogP) is 1.94. The van der Waals surface area contributed by atoms with Crippen LogP contribution >= 0.6 is 0 Å². The van der Waals surface area contributed by atoms with E-state index in [-0.39, 0.29) is 6.10 Å². The Morgan fingerprint density at radius 3 is 2.77 bits per heavy atom. The summed E-state index contributed by atoms with van der Waals surface area (Å²) in [4.78, 5) is 31.7. The lowest BCUT2D eigenvalue weighted by atomic mass is 10.0. The number of aromatic nitrogens is 3. The van der Waals surface area contributed by atoms with Gasteiger partial charge in [-0.05, 0) is 42.2 Å². The molecule has 7 nitrogen and oxygen atoms in total. The van der Waals surface area contributed by atoms with Gasteiger partial charge in [0.05, 0.1) is 25.1 Å². The van der Waals surface area contributed by atoms with Crippen molar-refractivity contribution in [2.75, 3.05) is 13.7 Å². The average molecular weight is 353 g/mol. The maximum absolute atomic E-state index is 12.5. The third-order valence-corrected chi connectivity index (χ3v) is 4.69. The first-order chi connectivity index (χ1) is 12.7. The van der Waals surface area contributed by atoms with E-state index in [0.717, 1.165) is 29.7 Å². The van der Waals surface area contributed by atoms with Crippen molar-refractivity contribution in [1.82, 2.24) is 14.5 Å².